The highest BCUT2D eigenvalue weighted by atomic mass is 16.3. The number of imidazole rings is 1. The number of nitrogens with one attached hydrogen (secondary N) is 1. The number of anilines is 1. The average Bonchev–Trinajstić information content (AvgIpc) is 3.51. The maximum atomic E-state index is 13.2. The van der Waals surface area contributed by atoms with E-state index in [0.29, 0.717) is 29.4 Å². The van der Waals surface area contributed by atoms with Crippen molar-refractivity contribution in [1.29, 1.82) is 0 Å². The lowest BCUT2D eigenvalue weighted by molar-refractivity contribution is -0.138. The lowest BCUT2D eigenvalue weighted by atomic mass is 9.85. The Hall–Kier alpha value is -3.86. The molecule has 198 valence electrons. The Morgan fingerprint density at radius 3 is 2.71 bits per heavy atom. The first kappa shape index (κ1) is 24.5. The quantitative estimate of drug-likeness (QED) is 0.415. The van der Waals surface area contributed by atoms with Gasteiger partial charge in [0.2, 0.25) is 11.9 Å². The molecule has 11 heteroatoms. The summed E-state index contributed by atoms with van der Waals surface area (Å²) < 4.78 is 3.87. The largest absolute Gasteiger partial charge is 0.386 e. The summed E-state index contributed by atoms with van der Waals surface area (Å²) in [5.74, 6) is 2.40. The first-order valence-corrected chi connectivity index (χ1v) is 13.2. The normalized spacial score (nSPS) is 19.9. The molecule has 2 N–H and O–H groups in total. The summed E-state index contributed by atoms with van der Waals surface area (Å²) in [6, 6.07) is 7.64. The number of nitrogens with zero attached hydrogens (tertiary/aromatic N) is 8. The molecule has 1 amide bonds. The topological polar surface area (TPSA) is 127 Å². The Bertz CT molecular complexity index is 1480. The van der Waals surface area contributed by atoms with Crippen LogP contribution in [0.4, 0.5) is 5.95 Å². The van der Waals surface area contributed by atoms with E-state index >= 15 is 0 Å². The van der Waals surface area contributed by atoms with Crippen LogP contribution in [0, 0.1) is 12.8 Å². The number of benzene rings is 1. The fourth-order valence-electron chi connectivity index (χ4n) is 5.67. The molecule has 0 saturated heterocycles. The molecule has 4 heterocycles. The van der Waals surface area contributed by atoms with E-state index < -0.39 is 5.60 Å². The van der Waals surface area contributed by atoms with Crippen LogP contribution < -0.4 is 5.32 Å². The summed E-state index contributed by atoms with van der Waals surface area (Å²) in [6.07, 6.45) is 7.03. The minimum atomic E-state index is -1.03. The van der Waals surface area contributed by atoms with Crippen molar-refractivity contribution in [2.24, 2.45) is 5.92 Å². The zero-order valence-electron chi connectivity index (χ0n) is 22.0. The van der Waals surface area contributed by atoms with Crippen LogP contribution in [0.25, 0.3) is 16.9 Å². The first-order chi connectivity index (χ1) is 18.3. The van der Waals surface area contributed by atoms with E-state index in [1.165, 1.54) is 0 Å². The molecule has 38 heavy (non-hydrogen) atoms. The molecule has 1 aliphatic heterocycles. The maximum Gasteiger partial charge on any atom is 0.226 e. The van der Waals surface area contributed by atoms with Crippen molar-refractivity contribution in [3.8, 4) is 5.82 Å². The molecule has 1 aromatic carbocycles. The van der Waals surface area contributed by atoms with Gasteiger partial charge in [0.05, 0.1) is 17.7 Å². The van der Waals surface area contributed by atoms with Gasteiger partial charge in [0, 0.05) is 54.8 Å². The number of aromatic nitrogens is 7. The minimum absolute atomic E-state index is 0.0504. The van der Waals surface area contributed by atoms with Gasteiger partial charge < -0.3 is 19.9 Å². The van der Waals surface area contributed by atoms with Crippen molar-refractivity contribution in [2.45, 2.75) is 71.2 Å². The third-order valence-corrected chi connectivity index (χ3v) is 7.78. The predicted molar refractivity (Wildman–Crippen MR) is 141 cm³/mol. The van der Waals surface area contributed by atoms with E-state index in [-0.39, 0.29) is 17.9 Å². The predicted octanol–water partition coefficient (Wildman–Crippen LogP) is 2.96. The SMILES string of the molecule is Cc1cnc2n1CCN(C(=O)[C@H]1CC[C@H](Nc3nccc(-n4nnc5c(C(C)(C)O)cccc54)n3)CC1)C2. The highest BCUT2D eigenvalue weighted by Crippen LogP contribution is 2.30. The van der Waals surface area contributed by atoms with Gasteiger partial charge in [-0.1, -0.05) is 17.3 Å². The van der Waals surface area contributed by atoms with Crippen LogP contribution in [0.2, 0.25) is 0 Å². The van der Waals surface area contributed by atoms with Gasteiger partial charge in [-0.2, -0.15) is 9.67 Å². The fourth-order valence-corrected chi connectivity index (χ4v) is 5.67. The molecule has 3 aromatic heterocycles. The van der Waals surface area contributed by atoms with Crippen molar-refractivity contribution in [2.75, 3.05) is 11.9 Å². The van der Waals surface area contributed by atoms with E-state index in [2.05, 4.69) is 37.1 Å². The number of fused-ring (bicyclic) bond motifs is 2. The summed E-state index contributed by atoms with van der Waals surface area (Å²) in [5.41, 5.74) is 2.24. The van der Waals surface area contributed by atoms with E-state index in [1.54, 1.807) is 30.8 Å². The highest BCUT2D eigenvalue weighted by Gasteiger charge is 2.32. The number of aryl methyl sites for hydroxylation is 1. The second-order valence-corrected chi connectivity index (χ2v) is 10.9. The van der Waals surface area contributed by atoms with Crippen LogP contribution in [0.5, 0.6) is 0 Å². The van der Waals surface area contributed by atoms with Gasteiger partial charge in [0.1, 0.15) is 11.3 Å². The Balaban J connectivity index is 1.10. The number of hydrogen-bond acceptors (Lipinski definition) is 8. The molecule has 0 spiro atoms. The van der Waals surface area contributed by atoms with E-state index in [4.69, 9.17) is 4.98 Å². The number of rotatable bonds is 5. The molecule has 1 aliphatic carbocycles. The Morgan fingerprint density at radius 1 is 1.11 bits per heavy atom. The van der Waals surface area contributed by atoms with Crippen molar-refractivity contribution < 1.29 is 9.90 Å². The molecular weight excluding hydrogens is 482 g/mol. The minimum Gasteiger partial charge on any atom is -0.386 e. The second kappa shape index (κ2) is 9.46. The number of aliphatic hydroxyl groups is 1. The van der Waals surface area contributed by atoms with Gasteiger partial charge in [-0.05, 0) is 52.5 Å². The molecule has 0 radical (unpaired) electrons. The summed E-state index contributed by atoms with van der Waals surface area (Å²) in [5, 5.41) is 22.6. The van der Waals surface area contributed by atoms with Gasteiger partial charge in [-0.25, -0.2) is 9.97 Å². The molecule has 6 rings (SSSR count). The van der Waals surface area contributed by atoms with Gasteiger partial charge in [0.15, 0.2) is 5.82 Å². The monoisotopic (exact) mass is 515 g/mol. The number of carbonyl (C=O) groups is 1. The van der Waals surface area contributed by atoms with Crippen LogP contribution in [0.3, 0.4) is 0 Å². The number of carbonyl (C=O) groups excluding carboxylic acids is 1. The summed E-state index contributed by atoms with van der Waals surface area (Å²) in [6.45, 7) is 7.69. The fraction of sp³-hybridized carbons (Fsp3) is 0.481. The Kier molecular flexibility index (Phi) is 6.10. The Morgan fingerprint density at radius 2 is 1.92 bits per heavy atom. The zero-order chi connectivity index (χ0) is 26.4. The number of amides is 1. The summed E-state index contributed by atoms with van der Waals surface area (Å²) >= 11 is 0. The second-order valence-electron chi connectivity index (χ2n) is 10.9. The van der Waals surface area contributed by atoms with E-state index in [1.807, 2.05) is 29.3 Å². The lowest BCUT2D eigenvalue weighted by Gasteiger charge is -2.34. The van der Waals surface area contributed by atoms with Crippen molar-refractivity contribution in [1.82, 2.24) is 39.4 Å². The van der Waals surface area contributed by atoms with Crippen LogP contribution in [-0.4, -0.2) is 63.0 Å². The molecular formula is C27H33N9O2. The maximum absolute atomic E-state index is 13.2. The first-order valence-electron chi connectivity index (χ1n) is 13.2. The highest BCUT2D eigenvalue weighted by molar-refractivity contribution is 5.80. The molecule has 1 fully saturated rings. The zero-order valence-corrected chi connectivity index (χ0v) is 22.0. The number of hydrogen-bond donors (Lipinski definition) is 2. The van der Waals surface area contributed by atoms with Crippen molar-refractivity contribution in [3.05, 3.63) is 53.7 Å². The van der Waals surface area contributed by atoms with Crippen molar-refractivity contribution >= 4 is 22.9 Å². The molecule has 4 aromatic rings. The van der Waals surface area contributed by atoms with Crippen LogP contribution in [0.1, 0.15) is 56.6 Å². The van der Waals surface area contributed by atoms with E-state index in [9.17, 15) is 9.90 Å². The smallest absolute Gasteiger partial charge is 0.226 e. The van der Waals surface area contributed by atoms with E-state index in [0.717, 1.165) is 55.8 Å². The molecule has 0 bridgehead atoms. The Labute approximate surface area is 220 Å². The summed E-state index contributed by atoms with van der Waals surface area (Å²) in [4.78, 5) is 28.8. The third kappa shape index (κ3) is 4.51. The molecule has 1 saturated carbocycles. The molecule has 0 atom stereocenters. The summed E-state index contributed by atoms with van der Waals surface area (Å²) in [7, 11) is 0. The van der Waals surface area contributed by atoms with Crippen LogP contribution in [0.15, 0.2) is 36.7 Å². The average molecular weight is 516 g/mol. The van der Waals surface area contributed by atoms with Gasteiger partial charge >= 0.3 is 0 Å². The van der Waals surface area contributed by atoms with Crippen LogP contribution >= 0.6 is 0 Å². The molecule has 11 nitrogen and oxygen atoms in total. The lowest BCUT2D eigenvalue weighted by Crippen LogP contribution is -2.43. The van der Waals surface area contributed by atoms with Gasteiger partial charge in [-0.15, -0.1) is 5.10 Å². The van der Waals surface area contributed by atoms with Gasteiger partial charge in [0.25, 0.3) is 0 Å². The molecule has 2 aliphatic rings. The molecule has 0 unspecified atom stereocenters. The van der Waals surface area contributed by atoms with Gasteiger partial charge in [-0.3, -0.25) is 4.79 Å². The standard InChI is InChI=1S/C27H33N9O2/c1-17-15-29-23-16-34(13-14-35(17)23)25(37)18-7-9-19(10-8-18)30-26-28-12-11-22(31-26)36-21-6-4-5-20(27(2,3)38)24(21)32-33-36/h4-6,11-12,15,18-19,38H,7-10,13-14,16H2,1-3H3,(H,28,30,31)/t18-,19-. The van der Waals surface area contributed by atoms with Crippen LogP contribution in [-0.2, 0) is 23.5 Å². The third-order valence-electron chi connectivity index (χ3n) is 7.78. The van der Waals surface area contributed by atoms with Crippen molar-refractivity contribution in [3.63, 3.8) is 0 Å².